The fraction of sp³-hybridized carbons (Fsp3) is 0.350. The van der Waals surface area contributed by atoms with Crippen molar-refractivity contribution in [1.29, 1.82) is 0 Å². The second-order valence-corrected chi connectivity index (χ2v) is 12.1. The van der Waals surface area contributed by atoms with Crippen molar-refractivity contribution in [3.05, 3.63) is 54.0 Å². The molecule has 27 heavy (non-hydrogen) atoms. The van der Waals surface area contributed by atoms with Crippen LogP contribution in [0, 0.1) is 5.82 Å². The second-order valence-electron chi connectivity index (χ2n) is 7.71. The van der Waals surface area contributed by atoms with Crippen molar-refractivity contribution < 1.29 is 22.3 Å². The zero-order valence-electron chi connectivity index (χ0n) is 15.6. The van der Waals surface area contributed by atoms with Gasteiger partial charge in [0.15, 0.2) is 0 Å². The highest BCUT2D eigenvalue weighted by atomic mass is 28.4. The monoisotopic (exact) mass is 393 g/mol. The number of hydrogen-bond donors (Lipinski definition) is 0. The number of hydrogen-bond acceptors (Lipinski definition) is 3. The van der Waals surface area contributed by atoms with Crippen LogP contribution in [0.5, 0.6) is 5.75 Å². The third-order valence-corrected chi connectivity index (χ3v) is 5.24. The topological polar surface area (TPSA) is 31.4 Å². The maximum atomic E-state index is 13.8. The molecule has 0 saturated heterocycles. The quantitative estimate of drug-likeness (QED) is 0.494. The molecule has 0 aliphatic carbocycles. The Morgan fingerprint density at radius 3 is 2.41 bits per heavy atom. The van der Waals surface area contributed by atoms with E-state index in [9.17, 15) is 13.2 Å². The van der Waals surface area contributed by atoms with Crippen molar-refractivity contribution in [2.75, 3.05) is 20.0 Å². The van der Waals surface area contributed by atoms with Gasteiger partial charge in [-0.3, -0.25) is 0 Å². The van der Waals surface area contributed by atoms with E-state index in [-0.39, 0.29) is 12.4 Å². The lowest BCUT2D eigenvalue weighted by Crippen LogP contribution is -2.33. The van der Waals surface area contributed by atoms with Crippen molar-refractivity contribution in [2.24, 2.45) is 0 Å². The highest BCUT2D eigenvalue weighted by Crippen LogP contribution is 2.45. The van der Waals surface area contributed by atoms with Crippen LogP contribution in [-0.2, 0) is 9.84 Å². The number of alkyl halides is 2. The van der Waals surface area contributed by atoms with Crippen LogP contribution in [-0.4, -0.2) is 33.3 Å². The number of fused-ring (bicyclic) bond motifs is 1. The Kier molecular flexibility index (Phi) is 5.07. The van der Waals surface area contributed by atoms with Gasteiger partial charge in [0, 0.05) is 11.1 Å². The molecule has 0 saturated carbocycles. The Labute approximate surface area is 158 Å². The Morgan fingerprint density at radius 2 is 1.85 bits per heavy atom. The van der Waals surface area contributed by atoms with Crippen LogP contribution in [0.25, 0.3) is 17.0 Å². The van der Waals surface area contributed by atoms with Crippen LogP contribution in [0.3, 0.4) is 0 Å². The van der Waals surface area contributed by atoms with Gasteiger partial charge in [0.1, 0.15) is 48.7 Å². The summed E-state index contributed by atoms with van der Waals surface area (Å²) in [7, 11) is -1.95. The molecule has 0 radical (unpaired) electrons. The lowest BCUT2D eigenvalue weighted by molar-refractivity contribution is 0.185. The van der Waals surface area contributed by atoms with Crippen molar-refractivity contribution in [1.82, 2.24) is 4.98 Å². The minimum Gasteiger partial charge on any atom is -0.543 e. The molecular weight excluding hydrogens is 371 g/mol. The molecule has 0 spiro atoms. The van der Waals surface area contributed by atoms with Crippen LogP contribution < -0.4 is 4.74 Å². The van der Waals surface area contributed by atoms with Crippen LogP contribution >= 0.6 is 0 Å². The van der Waals surface area contributed by atoms with Crippen LogP contribution in [0.15, 0.2) is 36.9 Å². The van der Waals surface area contributed by atoms with Gasteiger partial charge in [-0.05, 0) is 50.0 Å². The molecule has 7 heteroatoms. The molecule has 3 rings (SSSR count). The van der Waals surface area contributed by atoms with Crippen molar-refractivity contribution in [3.8, 4) is 17.0 Å². The molecule has 1 aliphatic rings. The molecule has 0 atom stereocenters. The first kappa shape index (κ1) is 19.5. The van der Waals surface area contributed by atoms with Gasteiger partial charge in [0.25, 0.3) is 0 Å². The molecule has 0 unspecified atom stereocenters. The number of ether oxygens (including phenoxy) is 1. The van der Waals surface area contributed by atoms with E-state index in [0.29, 0.717) is 34.0 Å². The summed E-state index contributed by atoms with van der Waals surface area (Å²) >= 11 is 0. The molecule has 0 amide bonds. The van der Waals surface area contributed by atoms with Crippen LogP contribution in [0.1, 0.15) is 11.3 Å². The van der Waals surface area contributed by atoms with Crippen molar-refractivity contribution in [2.45, 2.75) is 25.1 Å². The standard InChI is InChI=1S/C20H22F3NO2Si/c1-13(26-27(2,3)4)17-9-16-19(25-12-20(16,10-21)11-22)18(24-17)14-5-7-15(23)8-6-14/h5-9H,1,10-12H2,2-4H3. The number of aromatic nitrogens is 1. The lowest BCUT2D eigenvalue weighted by Gasteiger charge is -2.23. The van der Waals surface area contributed by atoms with Gasteiger partial charge in [-0.1, -0.05) is 6.58 Å². The number of pyridine rings is 1. The molecule has 144 valence electrons. The minimum atomic E-state index is -1.95. The molecular formula is C20H22F3NO2Si. The Balaban J connectivity index is 2.18. The molecule has 0 fully saturated rings. The van der Waals surface area contributed by atoms with E-state index in [1.54, 1.807) is 18.2 Å². The number of nitrogens with zero attached hydrogens (tertiary/aromatic N) is 1. The van der Waals surface area contributed by atoms with Gasteiger partial charge >= 0.3 is 0 Å². The molecule has 1 aromatic carbocycles. The Hall–Kier alpha value is -2.28. The average molecular weight is 393 g/mol. The summed E-state index contributed by atoms with van der Waals surface area (Å²) < 4.78 is 52.5. The van der Waals surface area contributed by atoms with E-state index in [1.165, 1.54) is 12.1 Å². The maximum absolute atomic E-state index is 13.8. The molecule has 0 N–H and O–H groups in total. The molecule has 1 aromatic heterocycles. The van der Waals surface area contributed by atoms with Crippen molar-refractivity contribution >= 4 is 14.1 Å². The summed E-state index contributed by atoms with van der Waals surface area (Å²) in [5, 5.41) is 0. The zero-order chi connectivity index (χ0) is 19.8. The van der Waals surface area contributed by atoms with E-state index >= 15 is 0 Å². The number of rotatable bonds is 6. The Bertz CT molecular complexity index is 859. The third kappa shape index (κ3) is 3.74. The third-order valence-electron chi connectivity index (χ3n) is 4.38. The number of benzene rings is 1. The van der Waals surface area contributed by atoms with Crippen LogP contribution in [0.4, 0.5) is 13.2 Å². The van der Waals surface area contributed by atoms with Gasteiger partial charge < -0.3 is 9.16 Å². The van der Waals surface area contributed by atoms with Gasteiger partial charge in [-0.25, -0.2) is 18.2 Å². The van der Waals surface area contributed by atoms with Gasteiger partial charge in [0.2, 0.25) is 8.32 Å². The average Bonchev–Trinajstić information content (AvgIpc) is 2.99. The first-order valence-corrected chi connectivity index (χ1v) is 12.0. The zero-order valence-corrected chi connectivity index (χ0v) is 16.6. The predicted octanol–water partition coefficient (Wildman–Crippen LogP) is 5.28. The minimum absolute atomic E-state index is 0.115. The van der Waals surface area contributed by atoms with E-state index in [1.807, 2.05) is 19.6 Å². The summed E-state index contributed by atoms with van der Waals surface area (Å²) in [4.78, 5) is 4.57. The smallest absolute Gasteiger partial charge is 0.242 e. The second kappa shape index (κ2) is 7.03. The fourth-order valence-electron chi connectivity index (χ4n) is 2.99. The SMILES string of the molecule is C=C(O[Si](C)(C)C)c1cc2c(c(-c3ccc(F)cc3)n1)OCC2(CF)CF. The molecule has 1 aliphatic heterocycles. The van der Waals surface area contributed by atoms with Gasteiger partial charge in [-0.15, -0.1) is 0 Å². The summed E-state index contributed by atoms with van der Waals surface area (Å²) in [5.74, 6) is 0.279. The van der Waals surface area contributed by atoms with Crippen LogP contribution in [0.2, 0.25) is 19.6 Å². The Morgan fingerprint density at radius 1 is 1.22 bits per heavy atom. The van der Waals surface area contributed by atoms with Gasteiger partial charge in [0.05, 0.1) is 5.41 Å². The van der Waals surface area contributed by atoms with Crippen molar-refractivity contribution in [3.63, 3.8) is 0 Å². The van der Waals surface area contributed by atoms with Gasteiger partial charge in [-0.2, -0.15) is 0 Å². The van der Waals surface area contributed by atoms with E-state index in [0.717, 1.165) is 0 Å². The van der Waals surface area contributed by atoms with E-state index < -0.39 is 27.1 Å². The summed E-state index contributed by atoms with van der Waals surface area (Å²) in [5.41, 5.74) is 0.404. The predicted molar refractivity (Wildman–Crippen MR) is 102 cm³/mol. The first-order chi connectivity index (χ1) is 12.7. The highest BCUT2D eigenvalue weighted by Gasteiger charge is 2.43. The number of halogens is 3. The van der Waals surface area contributed by atoms with E-state index in [2.05, 4.69) is 11.6 Å². The summed E-state index contributed by atoms with van der Waals surface area (Å²) in [6.07, 6.45) is 0. The maximum Gasteiger partial charge on any atom is 0.242 e. The molecule has 2 aromatic rings. The normalized spacial score (nSPS) is 15.2. The largest absolute Gasteiger partial charge is 0.543 e. The fourth-order valence-corrected chi connectivity index (χ4v) is 3.83. The lowest BCUT2D eigenvalue weighted by atomic mass is 9.84. The molecule has 0 bridgehead atoms. The first-order valence-electron chi connectivity index (χ1n) is 8.63. The highest BCUT2D eigenvalue weighted by molar-refractivity contribution is 6.70. The van der Waals surface area contributed by atoms with E-state index in [4.69, 9.17) is 9.16 Å². The summed E-state index contributed by atoms with van der Waals surface area (Å²) in [6, 6.07) is 7.30. The molecule has 2 heterocycles. The molecule has 3 nitrogen and oxygen atoms in total. The summed E-state index contributed by atoms with van der Waals surface area (Å²) in [6.45, 7) is 8.04.